The number of unbranched alkanes of at least 4 members (excludes halogenated alkanes) is 7. The highest BCUT2D eigenvalue weighted by Crippen LogP contribution is 2.12. The molecule has 0 spiro atoms. The second kappa shape index (κ2) is 14.5. The van der Waals surface area contributed by atoms with Gasteiger partial charge in [-0.15, -0.1) is 0 Å². The summed E-state index contributed by atoms with van der Waals surface area (Å²) in [5.74, 6) is 0.903. The molecule has 1 atom stereocenters. The maximum atomic E-state index is 10.1. The lowest BCUT2D eigenvalue weighted by molar-refractivity contribution is -0.107. The highest BCUT2D eigenvalue weighted by molar-refractivity contribution is 5.48. The van der Waals surface area contributed by atoms with Crippen LogP contribution in [-0.4, -0.2) is 6.29 Å². The van der Waals surface area contributed by atoms with Crippen molar-refractivity contribution in [1.82, 2.24) is 0 Å². The van der Waals surface area contributed by atoms with E-state index in [9.17, 15) is 4.79 Å². The van der Waals surface area contributed by atoms with Crippen LogP contribution in [0.25, 0.3) is 0 Å². The molecule has 0 saturated heterocycles. The van der Waals surface area contributed by atoms with Gasteiger partial charge in [-0.05, 0) is 38.0 Å². The lowest BCUT2D eigenvalue weighted by atomic mass is 10.0. The molecule has 0 saturated carbocycles. The molecule has 1 nitrogen and oxygen atoms in total. The largest absolute Gasteiger partial charge is 0.303 e. The Morgan fingerprint density at radius 1 is 0.833 bits per heavy atom. The molecule has 1 heteroatoms. The van der Waals surface area contributed by atoms with Gasteiger partial charge in [-0.3, -0.25) is 0 Å². The van der Waals surface area contributed by atoms with Gasteiger partial charge >= 0.3 is 0 Å². The van der Waals surface area contributed by atoms with Gasteiger partial charge in [0.1, 0.15) is 6.29 Å². The number of hydrogen-bond donors (Lipinski definition) is 0. The first kappa shape index (κ1) is 17.4. The molecule has 0 unspecified atom stereocenters. The summed E-state index contributed by atoms with van der Waals surface area (Å²) < 4.78 is 0. The number of carbonyl (C=O) groups excluding carboxylic acids is 1. The fourth-order valence-electron chi connectivity index (χ4n) is 2.04. The Hall–Kier alpha value is -0.590. The maximum Gasteiger partial charge on any atom is 0.119 e. The van der Waals surface area contributed by atoms with Gasteiger partial charge in [0.15, 0.2) is 0 Å². The van der Waals surface area contributed by atoms with Crippen LogP contribution >= 0.6 is 0 Å². The van der Waals surface area contributed by atoms with Gasteiger partial charge in [0.05, 0.1) is 0 Å². The Labute approximate surface area is 114 Å². The SMILES string of the molecule is CC[C@@H](C)CCCC/C=C/CCCCCCC=O. The molecule has 0 bridgehead atoms. The minimum absolute atomic E-state index is 0.742. The first-order chi connectivity index (χ1) is 8.81. The number of carbonyl (C=O) groups is 1. The van der Waals surface area contributed by atoms with Crippen molar-refractivity contribution in [3.8, 4) is 0 Å². The molecule has 0 fully saturated rings. The molecule has 0 N–H and O–H groups in total. The molecule has 18 heavy (non-hydrogen) atoms. The number of hydrogen-bond acceptors (Lipinski definition) is 1. The Kier molecular flexibility index (Phi) is 14.0. The molecule has 106 valence electrons. The van der Waals surface area contributed by atoms with Crippen molar-refractivity contribution in [2.75, 3.05) is 0 Å². The molecular weight excluding hydrogens is 220 g/mol. The molecule has 0 aromatic carbocycles. The van der Waals surface area contributed by atoms with Crippen LogP contribution in [-0.2, 0) is 4.79 Å². The van der Waals surface area contributed by atoms with Gasteiger partial charge in [0, 0.05) is 6.42 Å². The molecule has 0 radical (unpaired) electrons. The van der Waals surface area contributed by atoms with Gasteiger partial charge in [0.2, 0.25) is 0 Å². The Balaban J connectivity index is 3.11. The van der Waals surface area contributed by atoms with E-state index in [4.69, 9.17) is 0 Å². The minimum atomic E-state index is 0.742. The second-order valence-electron chi connectivity index (χ2n) is 5.43. The van der Waals surface area contributed by atoms with E-state index in [1.54, 1.807) is 0 Å². The second-order valence-corrected chi connectivity index (χ2v) is 5.43. The van der Waals surface area contributed by atoms with E-state index >= 15 is 0 Å². The van der Waals surface area contributed by atoms with Crippen LogP contribution in [0.2, 0.25) is 0 Å². The highest BCUT2D eigenvalue weighted by Gasteiger charge is 1.96. The fraction of sp³-hybridized carbons (Fsp3) is 0.824. The zero-order chi connectivity index (χ0) is 13.5. The van der Waals surface area contributed by atoms with E-state index in [0.717, 1.165) is 25.0 Å². The van der Waals surface area contributed by atoms with Gasteiger partial charge in [-0.1, -0.05) is 58.1 Å². The molecule has 0 heterocycles. The molecule has 0 rings (SSSR count). The Morgan fingerprint density at radius 3 is 1.94 bits per heavy atom. The third-order valence-electron chi connectivity index (χ3n) is 3.62. The monoisotopic (exact) mass is 252 g/mol. The number of allylic oxidation sites excluding steroid dienone is 2. The van der Waals surface area contributed by atoms with Crippen LogP contribution in [0.3, 0.4) is 0 Å². The first-order valence-corrected chi connectivity index (χ1v) is 7.89. The molecule has 0 amide bonds. The molecule has 0 aliphatic rings. The standard InChI is InChI=1S/C17H32O/c1-3-17(2)15-13-11-9-7-5-4-6-8-10-12-14-16-18/h5,7,16-17H,3-4,6,8-15H2,1-2H3/b7-5+/t17-/m1/s1. The van der Waals surface area contributed by atoms with Crippen LogP contribution in [0.4, 0.5) is 0 Å². The van der Waals surface area contributed by atoms with Crippen molar-refractivity contribution in [2.24, 2.45) is 5.92 Å². The summed E-state index contributed by atoms with van der Waals surface area (Å²) in [6.07, 6.45) is 19.2. The van der Waals surface area contributed by atoms with Crippen LogP contribution in [0.1, 0.15) is 84.5 Å². The van der Waals surface area contributed by atoms with E-state index in [2.05, 4.69) is 26.0 Å². The van der Waals surface area contributed by atoms with Crippen molar-refractivity contribution in [3.63, 3.8) is 0 Å². The van der Waals surface area contributed by atoms with Gasteiger partial charge in [-0.2, -0.15) is 0 Å². The van der Waals surface area contributed by atoms with Gasteiger partial charge in [-0.25, -0.2) is 0 Å². The molecule has 0 aromatic heterocycles. The number of rotatable bonds is 13. The third-order valence-corrected chi connectivity index (χ3v) is 3.62. The number of aldehydes is 1. The van der Waals surface area contributed by atoms with Crippen LogP contribution in [0, 0.1) is 5.92 Å². The maximum absolute atomic E-state index is 10.1. The predicted molar refractivity (Wildman–Crippen MR) is 80.8 cm³/mol. The van der Waals surface area contributed by atoms with E-state index in [1.807, 2.05) is 0 Å². The van der Waals surface area contributed by atoms with Gasteiger partial charge < -0.3 is 4.79 Å². The van der Waals surface area contributed by atoms with Crippen LogP contribution in [0.15, 0.2) is 12.2 Å². The van der Waals surface area contributed by atoms with Crippen LogP contribution < -0.4 is 0 Å². The van der Waals surface area contributed by atoms with Crippen molar-refractivity contribution in [2.45, 2.75) is 84.5 Å². The zero-order valence-electron chi connectivity index (χ0n) is 12.5. The normalized spacial score (nSPS) is 13.0. The summed E-state index contributed by atoms with van der Waals surface area (Å²) in [4.78, 5) is 10.1. The lowest BCUT2D eigenvalue weighted by Gasteiger charge is -2.06. The summed E-state index contributed by atoms with van der Waals surface area (Å²) in [6.45, 7) is 4.63. The van der Waals surface area contributed by atoms with Crippen molar-refractivity contribution >= 4 is 6.29 Å². The fourth-order valence-corrected chi connectivity index (χ4v) is 2.04. The quantitative estimate of drug-likeness (QED) is 0.234. The van der Waals surface area contributed by atoms with Gasteiger partial charge in [0.25, 0.3) is 0 Å². The lowest BCUT2D eigenvalue weighted by Crippen LogP contribution is -1.90. The minimum Gasteiger partial charge on any atom is -0.303 e. The summed E-state index contributed by atoms with van der Waals surface area (Å²) in [5.41, 5.74) is 0. The van der Waals surface area contributed by atoms with Crippen molar-refractivity contribution in [3.05, 3.63) is 12.2 Å². The summed E-state index contributed by atoms with van der Waals surface area (Å²) in [7, 11) is 0. The summed E-state index contributed by atoms with van der Waals surface area (Å²) >= 11 is 0. The van der Waals surface area contributed by atoms with Crippen molar-refractivity contribution < 1.29 is 4.79 Å². The first-order valence-electron chi connectivity index (χ1n) is 7.89. The molecular formula is C17H32O. The Morgan fingerprint density at radius 2 is 1.39 bits per heavy atom. The molecule has 0 aliphatic heterocycles. The highest BCUT2D eigenvalue weighted by atomic mass is 16.1. The predicted octanol–water partition coefficient (Wildman–Crippen LogP) is 5.69. The van der Waals surface area contributed by atoms with E-state index < -0.39 is 0 Å². The average Bonchev–Trinajstić information content (AvgIpc) is 2.39. The third kappa shape index (κ3) is 13.5. The Bertz CT molecular complexity index is 196. The van der Waals surface area contributed by atoms with E-state index in [1.165, 1.54) is 57.8 Å². The van der Waals surface area contributed by atoms with Crippen LogP contribution in [0.5, 0.6) is 0 Å². The zero-order valence-corrected chi connectivity index (χ0v) is 12.5. The smallest absolute Gasteiger partial charge is 0.119 e. The molecule has 0 aromatic rings. The van der Waals surface area contributed by atoms with E-state index in [-0.39, 0.29) is 0 Å². The molecule has 0 aliphatic carbocycles. The average molecular weight is 252 g/mol. The summed E-state index contributed by atoms with van der Waals surface area (Å²) in [6, 6.07) is 0. The van der Waals surface area contributed by atoms with Crippen molar-refractivity contribution in [1.29, 1.82) is 0 Å². The topological polar surface area (TPSA) is 17.1 Å². The van der Waals surface area contributed by atoms with E-state index in [0.29, 0.717) is 0 Å². The summed E-state index contributed by atoms with van der Waals surface area (Å²) in [5, 5.41) is 0.